The van der Waals surface area contributed by atoms with Crippen molar-refractivity contribution in [3.63, 3.8) is 0 Å². The third-order valence-electron chi connectivity index (χ3n) is 5.22. The van der Waals surface area contributed by atoms with Crippen molar-refractivity contribution in [1.29, 1.82) is 0 Å². The Kier molecular flexibility index (Phi) is 9.86. The van der Waals surface area contributed by atoms with E-state index in [4.69, 9.17) is 18.6 Å². The molecule has 0 bridgehead atoms. The zero-order valence-electron chi connectivity index (χ0n) is 18.8. The molecule has 2 nitrogen and oxygen atoms in total. The summed E-state index contributed by atoms with van der Waals surface area (Å²) in [7, 11) is 10.1. The van der Waals surface area contributed by atoms with E-state index in [0.29, 0.717) is 14.3 Å². The summed E-state index contributed by atoms with van der Waals surface area (Å²) >= 11 is -0.556. The molecule has 1 unspecified atom stereocenters. The number of phenolic OH excluding ortho intramolecular Hbond substituents is 1. The van der Waals surface area contributed by atoms with Crippen LogP contribution in [0.1, 0.15) is 16.7 Å². The van der Waals surface area contributed by atoms with E-state index >= 15 is 0 Å². The number of halogens is 2. The van der Waals surface area contributed by atoms with Gasteiger partial charge in [-0.3, -0.25) is 0 Å². The average Bonchev–Trinajstić information content (AvgIpc) is 2.81. The number of aromatic hydroxyl groups is 1. The second kappa shape index (κ2) is 12.6. The van der Waals surface area contributed by atoms with Crippen LogP contribution in [0.4, 0.5) is 17.1 Å². The molecule has 0 radical (unpaired) electrons. The van der Waals surface area contributed by atoms with E-state index in [1.807, 2.05) is 25.1 Å². The van der Waals surface area contributed by atoms with Crippen molar-refractivity contribution in [3.05, 3.63) is 108 Å². The Morgan fingerprint density at radius 1 is 0.727 bits per heavy atom. The number of nitrogens with zero attached hydrogens (tertiary/aromatic N) is 1. The van der Waals surface area contributed by atoms with Crippen molar-refractivity contribution in [2.24, 2.45) is 0 Å². The molecular formula is C27H26Cl2NOPTi. The van der Waals surface area contributed by atoms with Crippen molar-refractivity contribution >= 4 is 54.9 Å². The summed E-state index contributed by atoms with van der Waals surface area (Å²) in [4.78, 5) is 2.30. The second-order valence-electron chi connectivity index (χ2n) is 7.65. The van der Waals surface area contributed by atoms with Crippen molar-refractivity contribution in [1.82, 2.24) is 0 Å². The standard InChI is InChI=1S/C27H26NOP.2ClH.Ti/c1-19-17-21(3)26(29)25(18-19)30-27-20(2)11-10-16-24(27)28(22-12-6-4-7-13-22)23-14-8-5-9-15-23;;;/h4-18,29-30H,1-3H3;2*1H;/q;;;+2/p-2. The van der Waals surface area contributed by atoms with E-state index in [1.54, 1.807) is 0 Å². The van der Waals surface area contributed by atoms with Gasteiger partial charge in [0, 0.05) is 22.0 Å². The molecule has 0 saturated carbocycles. The number of hydrogen-bond acceptors (Lipinski definition) is 2. The quantitative estimate of drug-likeness (QED) is 0.210. The summed E-state index contributed by atoms with van der Waals surface area (Å²) in [5.74, 6) is 0.402. The summed E-state index contributed by atoms with van der Waals surface area (Å²) in [6, 6.07) is 31.5. The van der Waals surface area contributed by atoms with E-state index in [0.717, 1.165) is 27.9 Å². The molecule has 0 aliphatic heterocycles. The predicted molar refractivity (Wildman–Crippen MR) is 143 cm³/mol. The van der Waals surface area contributed by atoms with Crippen LogP contribution >= 0.6 is 27.2 Å². The minimum atomic E-state index is -0.556. The van der Waals surface area contributed by atoms with Crippen LogP contribution < -0.4 is 15.5 Å². The number of hydrogen-bond donors (Lipinski definition) is 1. The first-order valence-corrected chi connectivity index (χ1v) is 15.8. The first-order chi connectivity index (χ1) is 16.0. The Bertz CT molecular complexity index is 1150. The molecule has 1 N–H and O–H groups in total. The van der Waals surface area contributed by atoms with Crippen molar-refractivity contribution in [2.45, 2.75) is 20.8 Å². The number of aryl methyl sites for hydroxylation is 3. The molecule has 0 fully saturated rings. The average molecular weight is 530 g/mol. The maximum atomic E-state index is 10.7. The topological polar surface area (TPSA) is 23.5 Å². The minimum absolute atomic E-state index is 0.357. The fraction of sp³-hybridized carbons (Fsp3) is 0.111. The van der Waals surface area contributed by atoms with Gasteiger partial charge in [-0.1, -0.05) is 63.2 Å². The SMILES string of the molecule is Cc1cc(C)c(O)c(Pc2c(C)cccc2N(c2ccccc2)c2ccccc2)c1.[Cl][Ti][Cl]. The van der Waals surface area contributed by atoms with Gasteiger partial charge in [-0.25, -0.2) is 0 Å². The van der Waals surface area contributed by atoms with E-state index in [2.05, 4.69) is 91.5 Å². The van der Waals surface area contributed by atoms with Crippen LogP contribution in [0.25, 0.3) is 0 Å². The van der Waals surface area contributed by atoms with E-state index in [9.17, 15) is 5.11 Å². The van der Waals surface area contributed by atoms with Crippen LogP contribution in [-0.4, -0.2) is 5.11 Å². The Morgan fingerprint density at radius 2 is 1.27 bits per heavy atom. The second-order valence-corrected chi connectivity index (χ2v) is 11.5. The van der Waals surface area contributed by atoms with E-state index < -0.39 is 17.0 Å². The molecule has 4 aromatic carbocycles. The number of anilines is 3. The summed E-state index contributed by atoms with van der Waals surface area (Å²) < 4.78 is 0. The monoisotopic (exact) mass is 529 g/mol. The zero-order valence-corrected chi connectivity index (χ0v) is 22.9. The van der Waals surface area contributed by atoms with Crippen LogP contribution in [0.5, 0.6) is 5.75 Å². The molecule has 4 aromatic rings. The van der Waals surface area contributed by atoms with Gasteiger partial charge in [0.1, 0.15) is 5.75 Å². The van der Waals surface area contributed by atoms with Crippen LogP contribution in [0.2, 0.25) is 0 Å². The van der Waals surface area contributed by atoms with Gasteiger partial charge in [0.2, 0.25) is 0 Å². The Hall–Kier alpha value is -1.80. The first-order valence-electron chi connectivity index (χ1n) is 10.5. The molecule has 168 valence electrons. The fourth-order valence-corrected chi connectivity index (χ4v) is 5.26. The Morgan fingerprint density at radius 3 is 1.82 bits per heavy atom. The van der Waals surface area contributed by atoms with Gasteiger partial charge in [0.15, 0.2) is 0 Å². The van der Waals surface area contributed by atoms with Crippen LogP contribution in [0.3, 0.4) is 0 Å². The normalized spacial score (nSPS) is 10.6. The van der Waals surface area contributed by atoms with Gasteiger partial charge >= 0.3 is 35.6 Å². The predicted octanol–water partition coefficient (Wildman–Crippen LogP) is 7.79. The first kappa shape index (κ1) is 25.8. The summed E-state index contributed by atoms with van der Waals surface area (Å²) in [6.45, 7) is 6.20. The third-order valence-corrected chi connectivity index (χ3v) is 6.78. The van der Waals surface area contributed by atoms with Gasteiger partial charge in [-0.15, -0.1) is 0 Å². The number of phenols is 1. The maximum absolute atomic E-state index is 10.7. The Balaban J connectivity index is 0.000000968. The number of para-hydroxylation sites is 2. The van der Waals surface area contributed by atoms with Gasteiger partial charge in [-0.05, 0) is 73.9 Å². The summed E-state index contributed by atoms with van der Waals surface area (Å²) in [6.07, 6.45) is 0. The molecule has 6 heteroatoms. The zero-order chi connectivity index (χ0) is 23.8. The van der Waals surface area contributed by atoms with Crippen LogP contribution in [0, 0.1) is 20.8 Å². The molecule has 0 aliphatic rings. The van der Waals surface area contributed by atoms with Crippen LogP contribution in [-0.2, 0) is 17.0 Å². The molecule has 0 saturated heterocycles. The van der Waals surface area contributed by atoms with Crippen molar-refractivity contribution < 1.29 is 22.1 Å². The molecule has 33 heavy (non-hydrogen) atoms. The molecule has 0 aliphatic carbocycles. The summed E-state index contributed by atoms with van der Waals surface area (Å²) in [5, 5.41) is 13.0. The molecule has 0 spiro atoms. The van der Waals surface area contributed by atoms with Gasteiger partial charge in [-0.2, -0.15) is 0 Å². The van der Waals surface area contributed by atoms with E-state index in [-0.39, 0.29) is 0 Å². The fourth-order valence-electron chi connectivity index (χ4n) is 3.77. The van der Waals surface area contributed by atoms with Crippen LogP contribution in [0.15, 0.2) is 91.0 Å². The molecule has 0 heterocycles. The van der Waals surface area contributed by atoms with Gasteiger partial charge < -0.3 is 10.0 Å². The Labute approximate surface area is 215 Å². The van der Waals surface area contributed by atoms with Crippen molar-refractivity contribution in [3.8, 4) is 5.75 Å². The summed E-state index contributed by atoms with van der Waals surface area (Å²) in [5.41, 5.74) is 6.70. The van der Waals surface area contributed by atoms with Gasteiger partial charge in [0.05, 0.1) is 5.69 Å². The number of benzene rings is 4. The van der Waals surface area contributed by atoms with Gasteiger partial charge in [0.25, 0.3) is 0 Å². The van der Waals surface area contributed by atoms with Crippen molar-refractivity contribution in [2.75, 3.05) is 4.90 Å². The molecule has 0 aromatic heterocycles. The van der Waals surface area contributed by atoms with E-state index in [1.165, 1.54) is 16.4 Å². The molecule has 4 rings (SSSR count). The number of rotatable bonds is 5. The molecule has 0 amide bonds. The molecule has 1 atom stereocenters. The molecular weight excluding hydrogens is 504 g/mol. The third kappa shape index (κ3) is 6.63.